The van der Waals surface area contributed by atoms with E-state index >= 15 is 0 Å². The van der Waals surface area contributed by atoms with Crippen LogP contribution in [0.3, 0.4) is 0 Å². The first kappa shape index (κ1) is 13.5. The van der Waals surface area contributed by atoms with Crippen molar-refractivity contribution in [3.63, 3.8) is 0 Å². The minimum atomic E-state index is -0.140. The summed E-state index contributed by atoms with van der Waals surface area (Å²) in [7, 11) is 0. The lowest BCUT2D eigenvalue weighted by Gasteiger charge is -2.39. The Morgan fingerprint density at radius 2 is 1.83 bits per heavy atom. The Morgan fingerprint density at radius 3 is 2.33 bits per heavy atom. The summed E-state index contributed by atoms with van der Waals surface area (Å²) in [6.07, 6.45) is 3.57. The molecule has 0 bridgehead atoms. The van der Waals surface area contributed by atoms with Gasteiger partial charge >= 0.3 is 0 Å². The van der Waals surface area contributed by atoms with Crippen LogP contribution in [-0.4, -0.2) is 12.1 Å². The highest BCUT2D eigenvalue weighted by atomic mass is 19.1. The van der Waals surface area contributed by atoms with Crippen LogP contribution in [0.1, 0.15) is 51.5 Å². The highest BCUT2D eigenvalue weighted by Crippen LogP contribution is 2.37. The predicted molar refractivity (Wildman–Crippen MR) is 74.2 cm³/mol. The van der Waals surface area contributed by atoms with E-state index in [4.69, 9.17) is 0 Å². The number of nitrogens with one attached hydrogen (secondary N) is 1. The average Bonchev–Trinajstić information content (AvgIpc) is 2.29. The van der Waals surface area contributed by atoms with E-state index < -0.39 is 0 Å². The molecule has 1 nitrogen and oxygen atoms in total. The molecule has 1 saturated carbocycles. The SMILES string of the molecule is CCC(NC1CC(c2ccc(F)cc2)C1)C(C)C. The molecule has 18 heavy (non-hydrogen) atoms. The van der Waals surface area contributed by atoms with E-state index in [9.17, 15) is 4.39 Å². The molecule has 1 aliphatic rings. The normalized spacial score (nSPS) is 24.9. The molecular weight excluding hydrogens is 225 g/mol. The summed E-state index contributed by atoms with van der Waals surface area (Å²) in [4.78, 5) is 0. The third-order valence-corrected chi connectivity index (χ3v) is 4.17. The highest BCUT2D eigenvalue weighted by molar-refractivity contribution is 5.23. The number of hydrogen-bond donors (Lipinski definition) is 1. The third kappa shape index (κ3) is 3.11. The summed E-state index contributed by atoms with van der Waals surface area (Å²) >= 11 is 0. The fraction of sp³-hybridized carbons (Fsp3) is 0.625. The molecule has 1 aliphatic carbocycles. The van der Waals surface area contributed by atoms with Crippen molar-refractivity contribution in [1.82, 2.24) is 5.32 Å². The Bertz CT molecular complexity index is 365. The van der Waals surface area contributed by atoms with Crippen LogP contribution >= 0.6 is 0 Å². The lowest BCUT2D eigenvalue weighted by Crippen LogP contribution is -2.47. The molecule has 0 radical (unpaired) electrons. The van der Waals surface area contributed by atoms with Gasteiger partial charge in [0.05, 0.1) is 0 Å². The van der Waals surface area contributed by atoms with Crippen molar-refractivity contribution in [2.75, 3.05) is 0 Å². The van der Waals surface area contributed by atoms with Gasteiger partial charge in [0, 0.05) is 12.1 Å². The second kappa shape index (κ2) is 5.83. The molecule has 1 aromatic rings. The van der Waals surface area contributed by atoms with Gasteiger partial charge in [-0.05, 0) is 48.8 Å². The molecule has 0 spiro atoms. The highest BCUT2D eigenvalue weighted by Gasteiger charge is 2.31. The summed E-state index contributed by atoms with van der Waals surface area (Å²) in [6.45, 7) is 6.79. The van der Waals surface area contributed by atoms with Crippen LogP contribution in [-0.2, 0) is 0 Å². The molecule has 0 amide bonds. The first-order chi connectivity index (χ1) is 8.60. The van der Waals surface area contributed by atoms with Crippen molar-refractivity contribution in [3.8, 4) is 0 Å². The quantitative estimate of drug-likeness (QED) is 0.828. The van der Waals surface area contributed by atoms with Gasteiger partial charge in [-0.25, -0.2) is 4.39 Å². The van der Waals surface area contributed by atoms with E-state index in [0.717, 1.165) is 0 Å². The molecule has 2 heteroatoms. The second-order valence-corrected chi connectivity index (χ2v) is 5.84. The van der Waals surface area contributed by atoms with E-state index in [0.29, 0.717) is 23.9 Å². The van der Waals surface area contributed by atoms with Gasteiger partial charge in [0.25, 0.3) is 0 Å². The molecular formula is C16H24FN. The maximum absolute atomic E-state index is 12.8. The fourth-order valence-electron chi connectivity index (χ4n) is 2.85. The zero-order valence-corrected chi connectivity index (χ0v) is 11.6. The van der Waals surface area contributed by atoms with Gasteiger partial charge in [0.1, 0.15) is 5.82 Å². The van der Waals surface area contributed by atoms with Crippen LogP contribution < -0.4 is 5.32 Å². The van der Waals surface area contributed by atoms with Crippen molar-refractivity contribution in [3.05, 3.63) is 35.6 Å². The zero-order chi connectivity index (χ0) is 13.1. The summed E-state index contributed by atoms with van der Waals surface area (Å²) in [5.74, 6) is 1.17. The number of halogens is 1. The van der Waals surface area contributed by atoms with Crippen molar-refractivity contribution >= 4 is 0 Å². The molecule has 100 valence electrons. The Kier molecular flexibility index (Phi) is 4.39. The van der Waals surface area contributed by atoms with Crippen molar-refractivity contribution in [1.29, 1.82) is 0 Å². The standard InChI is InChI=1S/C16H24FN/c1-4-16(11(2)3)18-15-9-13(10-15)12-5-7-14(17)8-6-12/h5-8,11,13,15-16,18H,4,9-10H2,1-3H3. The van der Waals surface area contributed by atoms with E-state index in [1.54, 1.807) is 12.1 Å². The second-order valence-electron chi connectivity index (χ2n) is 5.84. The third-order valence-electron chi connectivity index (χ3n) is 4.17. The molecule has 0 heterocycles. The first-order valence-electron chi connectivity index (χ1n) is 7.11. The Labute approximate surface area is 110 Å². The number of rotatable bonds is 5. The van der Waals surface area contributed by atoms with Gasteiger partial charge in [-0.2, -0.15) is 0 Å². The predicted octanol–water partition coefficient (Wildman–Crippen LogP) is 4.10. The zero-order valence-electron chi connectivity index (χ0n) is 11.6. The van der Waals surface area contributed by atoms with Crippen molar-refractivity contribution in [2.24, 2.45) is 5.92 Å². The molecule has 2 rings (SSSR count). The fourth-order valence-corrected chi connectivity index (χ4v) is 2.85. The van der Waals surface area contributed by atoms with Crippen LogP contribution in [0.4, 0.5) is 4.39 Å². The van der Waals surface area contributed by atoms with Crippen LogP contribution in [0, 0.1) is 11.7 Å². The molecule has 1 unspecified atom stereocenters. The maximum atomic E-state index is 12.8. The molecule has 0 aliphatic heterocycles. The number of hydrogen-bond acceptors (Lipinski definition) is 1. The summed E-state index contributed by atoms with van der Waals surface area (Å²) < 4.78 is 12.8. The largest absolute Gasteiger partial charge is 0.311 e. The average molecular weight is 249 g/mol. The van der Waals surface area contributed by atoms with Crippen LogP contribution in [0.2, 0.25) is 0 Å². The minimum Gasteiger partial charge on any atom is -0.311 e. The maximum Gasteiger partial charge on any atom is 0.123 e. The summed E-state index contributed by atoms with van der Waals surface area (Å²) in [6, 6.07) is 8.26. The van der Waals surface area contributed by atoms with Crippen molar-refractivity contribution < 1.29 is 4.39 Å². The Hall–Kier alpha value is -0.890. The van der Waals surface area contributed by atoms with Crippen LogP contribution in [0.15, 0.2) is 24.3 Å². The number of benzene rings is 1. The molecule has 1 fully saturated rings. The van der Waals surface area contributed by atoms with Gasteiger partial charge in [0.15, 0.2) is 0 Å². The van der Waals surface area contributed by atoms with E-state index in [1.165, 1.54) is 24.8 Å². The lowest BCUT2D eigenvalue weighted by atomic mass is 9.75. The van der Waals surface area contributed by atoms with Gasteiger partial charge in [-0.3, -0.25) is 0 Å². The van der Waals surface area contributed by atoms with Crippen LogP contribution in [0.25, 0.3) is 0 Å². The van der Waals surface area contributed by atoms with E-state index in [1.807, 2.05) is 12.1 Å². The van der Waals surface area contributed by atoms with Gasteiger partial charge in [-0.1, -0.05) is 32.9 Å². The van der Waals surface area contributed by atoms with Gasteiger partial charge in [0.2, 0.25) is 0 Å². The minimum absolute atomic E-state index is 0.140. The smallest absolute Gasteiger partial charge is 0.123 e. The Morgan fingerprint density at radius 1 is 1.22 bits per heavy atom. The van der Waals surface area contributed by atoms with Gasteiger partial charge < -0.3 is 5.32 Å². The van der Waals surface area contributed by atoms with E-state index in [-0.39, 0.29) is 5.82 Å². The summed E-state index contributed by atoms with van der Waals surface area (Å²) in [5, 5.41) is 3.74. The molecule has 1 aromatic carbocycles. The Balaban J connectivity index is 1.81. The first-order valence-corrected chi connectivity index (χ1v) is 7.11. The lowest BCUT2D eigenvalue weighted by molar-refractivity contribution is 0.237. The van der Waals surface area contributed by atoms with E-state index in [2.05, 4.69) is 26.1 Å². The van der Waals surface area contributed by atoms with Crippen molar-refractivity contribution in [2.45, 2.75) is 58.0 Å². The molecule has 1 atom stereocenters. The topological polar surface area (TPSA) is 12.0 Å². The van der Waals surface area contributed by atoms with Crippen LogP contribution in [0.5, 0.6) is 0 Å². The summed E-state index contributed by atoms with van der Waals surface area (Å²) in [5.41, 5.74) is 1.28. The molecule has 1 N–H and O–H groups in total. The molecule has 0 saturated heterocycles. The monoisotopic (exact) mass is 249 g/mol. The van der Waals surface area contributed by atoms with Gasteiger partial charge in [-0.15, -0.1) is 0 Å². The molecule has 0 aromatic heterocycles.